The molecule has 94 valence electrons. The van der Waals surface area contributed by atoms with E-state index < -0.39 is 0 Å². The van der Waals surface area contributed by atoms with Crippen LogP contribution in [0.1, 0.15) is 48.2 Å². The first-order chi connectivity index (χ1) is 8.08. The van der Waals surface area contributed by atoms with E-state index in [0.29, 0.717) is 6.61 Å². The number of carbonyl (C=O) groups is 1. The maximum atomic E-state index is 12.3. The highest BCUT2D eigenvalue weighted by atomic mass is 16.5. The summed E-state index contributed by atoms with van der Waals surface area (Å²) in [5.41, 5.74) is 3.02. The molecule has 1 aromatic carbocycles. The molecular weight excluding hydrogens is 212 g/mol. The third-order valence-corrected chi connectivity index (χ3v) is 2.72. The summed E-state index contributed by atoms with van der Waals surface area (Å²) in [6.07, 6.45) is 1.46. The van der Waals surface area contributed by atoms with Crippen molar-refractivity contribution in [1.82, 2.24) is 0 Å². The quantitative estimate of drug-likeness (QED) is 0.702. The highest BCUT2D eigenvalue weighted by Gasteiger charge is 2.19. The van der Waals surface area contributed by atoms with Crippen molar-refractivity contribution in [2.24, 2.45) is 0 Å². The molecule has 0 bridgehead atoms. The third-order valence-electron chi connectivity index (χ3n) is 2.72. The van der Waals surface area contributed by atoms with Crippen LogP contribution in [0.25, 0.3) is 0 Å². The van der Waals surface area contributed by atoms with E-state index in [1.807, 2.05) is 32.9 Å². The normalized spacial score (nSPS) is 12.5. The Hall–Kier alpha value is -1.15. The minimum atomic E-state index is -0.286. The number of rotatable bonds is 6. The molecule has 2 heteroatoms. The maximum absolute atomic E-state index is 12.3. The molecule has 1 rings (SSSR count). The Kier molecular flexibility index (Phi) is 5.36. The van der Waals surface area contributed by atoms with Gasteiger partial charge in [0.1, 0.15) is 6.10 Å². The number of Topliss-reactive ketones (excluding diaryl/α,β-unsaturated/α-hetero) is 1. The topological polar surface area (TPSA) is 26.3 Å². The Balaban J connectivity index is 2.92. The molecule has 0 fully saturated rings. The highest BCUT2D eigenvalue weighted by molar-refractivity contribution is 5.99. The van der Waals surface area contributed by atoms with Gasteiger partial charge in [-0.2, -0.15) is 0 Å². The van der Waals surface area contributed by atoms with E-state index >= 15 is 0 Å². The summed E-state index contributed by atoms with van der Waals surface area (Å²) in [5, 5.41) is 0. The van der Waals surface area contributed by atoms with Crippen LogP contribution >= 0.6 is 0 Å². The van der Waals surface area contributed by atoms with Gasteiger partial charge in [-0.1, -0.05) is 30.5 Å². The van der Waals surface area contributed by atoms with Gasteiger partial charge < -0.3 is 4.74 Å². The number of hydrogen-bond donors (Lipinski definition) is 0. The van der Waals surface area contributed by atoms with Crippen molar-refractivity contribution < 1.29 is 9.53 Å². The molecule has 2 nitrogen and oxygen atoms in total. The van der Waals surface area contributed by atoms with Gasteiger partial charge in [-0.05, 0) is 39.3 Å². The number of carbonyl (C=O) groups excluding carboxylic acids is 1. The Morgan fingerprint density at radius 3 is 2.24 bits per heavy atom. The lowest BCUT2D eigenvalue weighted by Gasteiger charge is -2.15. The number of aryl methyl sites for hydroxylation is 2. The SMILES string of the molecule is CCCC(OCC)C(=O)c1cc(C)cc(C)c1. The fourth-order valence-corrected chi connectivity index (χ4v) is 2.06. The van der Waals surface area contributed by atoms with E-state index in [9.17, 15) is 4.79 Å². The van der Waals surface area contributed by atoms with Gasteiger partial charge in [0.25, 0.3) is 0 Å². The van der Waals surface area contributed by atoms with Crippen LogP contribution in [0.3, 0.4) is 0 Å². The zero-order valence-corrected chi connectivity index (χ0v) is 11.2. The molecule has 0 aliphatic rings. The van der Waals surface area contributed by atoms with Gasteiger partial charge in [-0.25, -0.2) is 0 Å². The van der Waals surface area contributed by atoms with Crippen molar-refractivity contribution in [3.63, 3.8) is 0 Å². The lowest BCUT2D eigenvalue weighted by atomic mass is 9.99. The third kappa shape index (κ3) is 3.97. The van der Waals surface area contributed by atoms with Gasteiger partial charge in [0.05, 0.1) is 0 Å². The molecule has 0 saturated heterocycles. The Morgan fingerprint density at radius 2 is 1.76 bits per heavy atom. The number of benzene rings is 1. The Morgan fingerprint density at radius 1 is 1.18 bits per heavy atom. The van der Waals surface area contributed by atoms with Gasteiger partial charge in [0.2, 0.25) is 0 Å². The zero-order valence-electron chi connectivity index (χ0n) is 11.2. The van der Waals surface area contributed by atoms with E-state index in [1.54, 1.807) is 0 Å². The van der Waals surface area contributed by atoms with Gasteiger partial charge in [0, 0.05) is 12.2 Å². The fourth-order valence-electron chi connectivity index (χ4n) is 2.06. The molecule has 0 N–H and O–H groups in total. The summed E-state index contributed by atoms with van der Waals surface area (Å²) >= 11 is 0. The predicted octanol–water partition coefficient (Wildman–Crippen LogP) is 3.69. The van der Waals surface area contributed by atoms with Crippen molar-refractivity contribution >= 4 is 5.78 Å². The van der Waals surface area contributed by atoms with Crippen LogP contribution in [-0.4, -0.2) is 18.5 Å². The predicted molar refractivity (Wildman–Crippen MR) is 70.6 cm³/mol. The zero-order chi connectivity index (χ0) is 12.8. The van der Waals surface area contributed by atoms with E-state index in [4.69, 9.17) is 4.74 Å². The van der Waals surface area contributed by atoms with Crippen LogP contribution in [0, 0.1) is 13.8 Å². The molecule has 0 aliphatic heterocycles. The molecule has 0 radical (unpaired) electrons. The first-order valence-corrected chi connectivity index (χ1v) is 6.32. The second-order valence-corrected chi connectivity index (χ2v) is 4.47. The summed E-state index contributed by atoms with van der Waals surface area (Å²) in [5.74, 6) is 0.112. The molecule has 1 atom stereocenters. The van der Waals surface area contributed by atoms with Gasteiger partial charge in [0.15, 0.2) is 5.78 Å². The van der Waals surface area contributed by atoms with Crippen molar-refractivity contribution in [2.75, 3.05) is 6.61 Å². The number of hydrogen-bond acceptors (Lipinski definition) is 2. The van der Waals surface area contributed by atoms with E-state index in [2.05, 4.69) is 13.0 Å². The molecule has 0 aliphatic carbocycles. The van der Waals surface area contributed by atoms with Crippen molar-refractivity contribution in [1.29, 1.82) is 0 Å². The minimum Gasteiger partial charge on any atom is -0.370 e. The van der Waals surface area contributed by atoms with Gasteiger partial charge in [-0.15, -0.1) is 0 Å². The van der Waals surface area contributed by atoms with E-state index in [-0.39, 0.29) is 11.9 Å². The first-order valence-electron chi connectivity index (χ1n) is 6.32. The van der Waals surface area contributed by atoms with E-state index in [0.717, 1.165) is 29.5 Å². The lowest BCUT2D eigenvalue weighted by Crippen LogP contribution is -2.24. The van der Waals surface area contributed by atoms with Crippen LogP contribution in [0.4, 0.5) is 0 Å². The summed E-state index contributed by atoms with van der Waals surface area (Å²) in [6, 6.07) is 5.96. The Bertz CT molecular complexity index is 356. The summed E-state index contributed by atoms with van der Waals surface area (Å²) in [6.45, 7) is 8.61. The summed E-state index contributed by atoms with van der Waals surface area (Å²) < 4.78 is 5.53. The fraction of sp³-hybridized carbons (Fsp3) is 0.533. The van der Waals surface area contributed by atoms with Gasteiger partial charge >= 0.3 is 0 Å². The van der Waals surface area contributed by atoms with Crippen molar-refractivity contribution in [3.05, 3.63) is 34.9 Å². The standard InChI is InChI=1S/C15H22O2/c1-5-7-14(17-6-2)15(16)13-9-11(3)8-12(4)10-13/h8-10,14H,5-7H2,1-4H3. The van der Waals surface area contributed by atoms with Crippen molar-refractivity contribution in [3.8, 4) is 0 Å². The van der Waals surface area contributed by atoms with E-state index in [1.165, 1.54) is 0 Å². The largest absolute Gasteiger partial charge is 0.370 e. The van der Waals surface area contributed by atoms with Crippen LogP contribution in [0.5, 0.6) is 0 Å². The molecular formula is C15H22O2. The molecule has 0 heterocycles. The maximum Gasteiger partial charge on any atom is 0.191 e. The number of ether oxygens (including phenoxy) is 1. The second kappa shape index (κ2) is 6.55. The minimum absolute atomic E-state index is 0.112. The molecule has 0 spiro atoms. The van der Waals surface area contributed by atoms with Crippen LogP contribution in [-0.2, 0) is 4.74 Å². The summed E-state index contributed by atoms with van der Waals surface area (Å²) in [4.78, 5) is 12.3. The molecule has 17 heavy (non-hydrogen) atoms. The summed E-state index contributed by atoms with van der Waals surface area (Å²) in [7, 11) is 0. The molecule has 0 amide bonds. The monoisotopic (exact) mass is 234 g/mol. The number of ketones is 1. The smallest absolute Gasteiger partial charge is 0.191 e. The average Bonchev–Trinajstić information content (AvgIpc) is 2.26. The molecule has 0 aromatic heterocycles. The van der Waals surface area contributed by atoms with Crippen LogP contribution in [0.15, 0.2) is 18.2 Å². The molecule has 0 saturated carbocycles. The highest BCUT2D eigenvalue weighted by Crippen LogP contribution is 2.15. The first kappa shape index (κ1) is 13.9. The van der Waals surface area contributed by atoms with Crippen LogP contribution in [0.2, 0.25) is 0 Å². The molecule has 1 aromatic rings. The van der Waals surface area contributed by atoms with Crippen molar-refractivity contribution in [2.45, 2.75) is 46.6 Å². The van der Waals surface area contributed by atoms with Crippen LogP contribution < -0.4 is 0 Å². The van der Waals surface area contributed by atoms with Gasteiger partial charge in [-0.3, -0.25) is 4.79 Å². The molecule has 1 unspecified atom stereocenters. The Labute approximate surface area is 104 Å². The second-order valence-electron chi connectivity index (χ2n) is 4.47. The average molecular weight is 234 g/mol. The lowest BCUT2D eigenvalue weighted by molar-refractivity contribution is 0.0423.